The molecule has 17 heavy (non-hydrogen) atoms. The van der Waals surface area contributed by atoms with Crippen LogP contribution in [0.2, 0.25) is 0 Å². The van der Waals surface area contributed by atoms with Crippen molar-refractivity contribution in [1.29, 1.82) is 0 Å². The van der Waals surface area contributed by atoms with Gasteiger partial charge >= 0.3 is 0 Å². The highest BCUT2D eigenvalue weighted by Crippen LogP contribution is 2.19. The van der Waals surface area contributed by atoms with Gasteiger partial charge in [0.1, 0.15) is 5.82 Å². The number of aromatic nitrogens is 3. The maximum atomic E-state index is 5.35. The van der Waals surface area contributed by atoms with Crippen LogP contribution in [0.1, 0.15) is 5.56 Å². The molecule has 0 spiro atoms. The number of aryl methyl sites for hydroxylation is 1. The van der Waals surface area contributed by atoms with Crippen LogP contribution < -0.4 is 0 Å². The van der Waals surface area contributed by atoms with E-state index in [-0.39, 0.29) is 0 Å². The summed E-state index contributed by atoms with van der Waals surface area (Å²) in [5, 5.41) is 0. The molecule has 3 rings (SSSR count). The SMILES string of the molecule is Cc1ccc2[nH]c(=S)n(-c3ccccn3)c2c1. The van der Waals surface area contributed by atoms with Gasteiger partial charge in [-0.1, -0.05) is 12.1 Å². The van der Waals surface area contributed by atoms with Crippen molar-refractivity contribution in [3.05, 3.63) is 52.9 Å². The largest absolute Gasteiger partial charge is 0.330 e. The minimum Gasteiger partial charge on any atom is -0.330 e. The Labute approximate surface area is 104 Å². The van der Waals surface area contributed by atoms with Gasteiger partial charge in [-0.3, -0.25) is 4.57 Å². The Balaban J connectivity index is 2.40. The summed E-state index contributed by atoms with van der Waals surface area (Å²) >= 11 is 5.35. The van der Waals surface area contributed by atoms with E-state index in [4.69, 9.17) is 12.2 Å². The minimum absolute atomic E-state index is 0.671. The maximum absolute atomic E-state index is 5.35. The fraction of sp³-hybridized carbons (Fsp3) is 0.0769. The van der Waals surface area contributed by atoms with Crippen molar-refractivity contribution < 1.29 is 0 Å². The molecule has 0 aliphatic rings. The van der Waals surface area contributed by atoms with Crippen molar-refractivity contribution in [2.45, 2.75) is 6.92 Å². The molecule has 1 N–H and O–H groups in total. The number of fused-ring (bicyclic) bond motifs is 1. The third-order valence-electron chi connectivity index (χ3n) is 2.72. The minimum atomic E-state index is 0.671. The van der Waals surface area contributed by atoms with Crippen LogP contribution in [-0.4, -0.2) is 14.5 Å². The van der Waals surface area contributed by atoms with Crippen LogP contribution in [0.4, 0.5) is 0 Å². The second kappa shape index (κ2) is 3.82. The first kappa shape index (κ1) is 10.2. The van der Waals surface area contributed by atoms with Gasteiger partial charge in [-0.25, -0.2) is 4.98 Å². The molecule has 0 bridgehead atoms. The molecule has 0 fully saturated rings. The number of aromatic amines is 1. The smallest absolute Gasteiger partial charge is 0.183 e. The van der Waals surface area contributed by atoms with Gasteiger partial charge in [-0.05, 0) is 49.0 Å². The number of H-pyrrole nitrogens is 1. The highest BCUT2D eigenvalue weighted by atomic mass is 32.1. The predicted molar refractivity (Wildman–Crippen MR) is 71.0 cm³/mol. The molecule has 0 amide bonds. The van der Waals surface area contributed by atoms with Crippen molar-refractivity contribution in [1.82, 2.24) is 14.5 Å². The van der Waals surface area contributed by atoms with Gasteiger partial charge in [-0.15, -0.1) is 0 Å². The first-order valence-electron chi connectivity index (χ1n) is 5.38. The Kier molecular flexibility index (Phi) is 2.30. The molecule has 1 aromatic carbocycles. The summed E-state index contributed by atoms with van der Waals surface area (Å²) in [5.41, 5.74) is 3.30. The van der Waals surface area contributed by atoms with Crippen LogP contribution in [0.3, 0.4) is 0 Å². The van der Waals surface area contributed by atoms with Gasteiger partial charge in [0.25, 0.3) is 0 Å². The molecule has 0 atom stereocenters. The van der Waals surface area contributed by atoms with Crippen molar-refractivity contribution in [3.8, 4) is 5.82 Å². The third-order valence-corrected chi connectivity index (χ3v) is 3.00. The molecule has 2 aromatic heterocycles. The van der Waals surface area contributed by atoms with E-state index in [0.29, 0.717) is 4.77 Å². The number of hydrogen-bond donors (Lipinski definition) is 1. The standard InChI is InChI=1S/C13H11N3S/c1-9-5-6-10-11(8-9)16(13(17)15-10)12-4-2-3-7-14-12/h2-8H,1H3,(H,15,17). The molecule has 0 saturated carbocycles. The van der Waals surface area contributed by atoms with Crippen LogP contribution in [0, 0.1) is 11.7 Å². The zero-order chi connectivity index (χ0) is 11.8. The zero-order valence-electron chi connectivity index (χ0n) is 9.34. The molecule has 4 heteroatoms. The quantitative estimate of drug-likeness (QED) is 0.662. The van der Waals surface area contributed by atoms with E-state index < -0.39 is 0 Å². The normalized spacial score (nSPS) is 10.9. The maximum Gasteiger partial charge on any atom is 0.183 e. The topological polar surface area (TPSA) is 33.6 Å². The highest BCUT2D eigenvalue weighted by Gasteiger charge is 2.06. The van der Waals surface area contributed by atoms with Gasteiger partial charge in [0, 0.05) is 6.20 Å². The van der Waals surface area contributed by atoms with Crippen molar-refractivity contribution in [2.75, 3.05) is 0 Å². The van der Waals surface area contributed by atoms with Crippen LogP contribution in [0.25, 0.3) is 16.9 Å². The molecule has 2 heterocycles. The summed E-state index contributed by atoms with van der Waals surface area (Å²) in [4.78, 5) is 7.53. The number of nitrogens with one attached hydrogen (secondary N) is 1. The van der Waals surface area contributed by atoms with Crippen LogP contribution in [0.5, 0.6) is 0 Å². The zero-order valence-corrected chi connectivity index (χ0v) is 10.2. The van der Waals surface area contributed by atoms with Gasteiger partial charge in [0.15, 0.2) is 4.77 Å². The second-order valence-electron chi connectivity index (χ2n) is 3.97. The van der Waals surface area contributed by atoms with E-state index >= 15 is 0 Å². The number of benzene rings is 1. The molecule has 0 aliphatic heterocycles. The fourth-order valence-corrected chi connectivity index (χ4v) is 2.23. The van der Waals surface area contributed by atoms with E-state index in [9.17, 15) is 0 Å². The monoisotopic (exact) mass is 241 g/mol. The molecule has 3 nitrogen and oxygen atoms in total. The first-order chi connectivity index (χ1) is 8.25. The molecule has 0 unspecified atom stereocenters. The van der Waals surface area contributed by atoms with Gasteiger partial charge in [0.2, 0.25) is 0 Å². The molecule has 0 radical (unpaired) electrons. The summed E-state index contributed by atoms with van der Waals surface area (Å²) in [6.45, 7) is 2.07. The number of pyridine rings is 1. The number of nitrogens with zero attached hydrogens (tertiary/aromatic N) is 2. The Hall–Kier alpha value is -1.94. The average molecular weight is 241 g/mol. The summed E-state index contributed by atoms with van der Waals surface area (Å²) in [5.74, 6) is 0.842. The highest BCUT2D eigenvalue weighted by molar-refractivity contribution is 7.71. The summed E-state index contributed by atoms with van der Waals surface area (Å²) in [6.07, 6.45) is 1.77. The molecular weight excluding hydrogens is 230 g/mol. The number of imidazole rings is 1. The van der Waals surface area contributed by atoms with E-state index in [2.05, 4.69) is 29.0 Å². The van der Waals surface area contributed by atoms with E-state index in [0.717, 1.165) is 16.9 Å². The van der Waals surface area contributed by atoms with Gasteiger partial charge < -0.3 is 4.98 Å². The third kappa shape index (κ3) is 1.66. The predicted octanol–water partition coefficient (Wildman–Crippen LogP) is 3.39. The van der Waals surface area contributed by atoms with Crippen LogP contribution in [-0.2, 0) is 0 Å². The lowest BCUT2D eigenvalue weighted by Crippen LogP contribution is -1.96. The Morgan fingerprint density at radius 1 is 1.24 bits per heavy atom. The summed E-state index contributed by atoms with van der Waals surface area (Å²) < 4.78 is 2.63. The summed E-state index contributed by atoms with van der Waals surface area (Å²) in [6, 6.07) is 12.0. The lowest BCUT2D eigenvalue weighted by atomic mass is 10.2. The van der Waals surface area contributed by atoms with E-state index in [1.54, 1.807) is 6.20 Å². The molecule has 0 saturated heterocycles. The fourth-order valence-electron chi connectivity index (χ4n) is 1.93. The molecule has 0 aliphatic carbocycles. The average Bonchev–Trinajstić information content (AvgIpc) is 2.65. The number of hydrogen-bond acceptors (Lipinski definition) is 2. The van der Waals surface area contributed by atoms with E-state index in [1.807, 2.05) is 28.8 Å². The lowest BCUT2D eigenvalue weighted by molar-refractivity contribution is 1.00. The van der Waals surface area contributed by atoms with Crippen LogP contribution in [0.15, 0.2) is 42.6 Å². The van der Waals surface area contributed by atoms with Gasteiger partial charge in [0.05, 0.1) is 11.0 Å². The number of rotatable bonds is 1. The lowest BCUT2D eigenvalue weighted by Gasteiger charge is -2.03. The van der Waals surface area contributed by atoms with Crippen molar-refractivity contribution in [2.24, 2.45) is 0 Å². The second-order valence-corrected chi connectivity index (χ2v) is 4.36. The van der Waals surface area contributed by atoms with Crippen molar-refractivity contribution in [3.63, 3.8) is 0 Å². The first-order valence-corrected chi connectivity index (χ1v) is 5.79. The molecular formula is C13H11N3S. The van der Waals surface area contributed by atoms with Crippen molar-refractivity contribution >= 4 is 23.3 Å². The van der Waals surface area contributed by atoms with Gasteiger partial charge in [-0.2, -0.15) is 0 Å². The van der Waals surface area contributed by atoms with E-state index in [1.165, 1.54) is 5.56 Å². The molecule has 84 valence electrons. The van der Waals surface area contributed by atoms with Crippen LogP contribution >= 0.6 is 12.2 Å². The Bertz CT molecular complexity index is 725. The Morgan fingerprint density at radius 3 is 2.88 bits per heavy atom. The molecule has 3 aromatic rings. The Morgan fingerprint density at radius 2 is 2.12 bits per heavy atom. The summed E-state index contributed by atoms with van der Waals surface area (Å²) in [7, 11) is 0.